The number of halogens is 1. The minimum atomic E-state index is -1.37. The molecule has 0 radical (unpaired) electrons. The van der Waals surface area contributed by atoms with E-state index in [-0.39, 0.29) is 12.2 Å². The van der Waals surface area contributed by atoms with Crippen molar-refractivity contribution in [1.29, 1.82) is 0 Å². The molecule has 0 amide bonds. The second-order valence-electron chi connectivity index (χ2n) is 7.44. The number of piperidine rings is 1. The molecule has 1 aromatic heterocycles. The molecule has 1 saturated heterocycles. The van der Waals surface area contributed by atoms with Crippen molar-refractivity contribution >= 4 is 41.8 Å². The lowest BCUT2D eigenvalue weighted by Gasteiger charge is -2.39. The van der Waals surface area contributed by atoms with Crippen molar-refractivity contribution in [3.8, 4) is 0 Å². The zero-order valence-electron chi connectivity index (χ0n) is 15.6. The largest absolute Gasteiger partial charge is 0.480 e. The summed E-state index contributed by atoms with van der Waals surface area (Å²) in [6.07, 6.45) is 2.81. The van der Waals surface area contributed by atoms with Crippen LogP contribution in [0, 0.1) is 5.92 Å². The first-order valence-corrected chi connectivity index (χ1v) is 9.87. The SMILES string of the molecule is NC(CCCCB(O)O)(C(=O)O)C1CCN(c2nc3ccc(Cl)cc3o2)CC1. The number of fused-ring (bicyclic) bond motifs is 1. The Morgan fingerprint density at radius 3 is 2.71 bits per heavy atom. The zero-order valence-corrected chi connectivity index (χ0v) is 16.3. The Kier molecular flexibility index (Phi) is 6.49. The summed E-state index contributed by atoms with van der Waals surface area (Å²) >= 11 is 5.98. The molecule has 0 aliphatic carbocycles. The highest BCUT2D eigenvalue weighted by atomic mass is 35.5. The van der Waals surface area contributed by atoms with Gasteiger partial charge in [-0.3, -0.25) is 4.79 Å². The molecule has 5 N–H and O–H groups in total. The van der Waals surface area contributed by atoms with E-state index < -0.39 is 18.6 Å². The molecule has 8 nitrogen and oxygen atoms in total. The summed E-state index contributed by atoms with van der Waals surface area (Å²) in [6.45, 7) is 1.21. The number of aliphatic carboxylic acids is 1. The number of hydrogen-bond donors (Lipinski definition) is 4. The molecule has 0 saturated carbocycles. The second kappa shape index (κ2) is 8.69. The van der Waals surface area contributed by atoms with Crippen LogP contribution in [-0.4, -0.2) is 51.9 Å². The van der Waals surface area contributed by atoms with E-state index in [1.54, 1.807) is 18.2 Å². The second-order valence-corrected chi connectivity index (χ2v) is 7.88. The number of carbonyl (C=O) groups is 1. The maximum atomic E-state index is 11.9. The van der Waals surface area contributed by atoms with Gasteiger partial charge in [0.2, 0.25) is 0 Å². The number of rotatable bonds is 8. The predicted molar refractivity (Wildman–Crippen MR) is 107 cm³/mol. The Labute approximate surface area is 168 Å². The number of hydrogen-bond acceptors (Lipinski definition) is 7. The fourth-order valence-corrected chi connectivity index (χ4v) is 4.00. The molecule has 1 aromatic carbocycles. The van der Waals surface area contributed by atoms with E-state index in [1.165, 1.54) is 0 Å². The molecule has 2 aromatic rings. The van der Waals surface area contributed by atoms with Crippen molar-refractivity contribution in [2.75, 3.05) is 18.0 Å². The first kappa shape index (κ1) is 20.9. The molecule has 3 rings (SSSR count). The van der Waals surface area contributed by atoms with Crippen molar-refractivity contribution in [1.82, 2.24) is 4.98 Å². The Morgan fingerprint density at radius 1 is 1.36 bits per heavy atom. The fourth-order valence-electron chi connectivity index (χ4n) is 3.84. The van der Waals surface area contributed by atoms with Gasteiger partial charge in [0, 0.05) is 24.2 Å². The molecule has 1 fully saturated rings. The first-order valence-electron chi connectivity index (χ1n) is 9.49. The van der Waals surface area contributed by atoms with E-state index in [2.05, 4.69) is 4.98 Å². The third-order valence-electron chi connectivity index (χ3n) is 5.53. The van der Waals surface area contributed by atoms with E-state index in [0.29, 0.717) is 61.8 Å². The predicted octanol–water partition coefficient (Wildman–Crippen LogP) is 2.12. The van der Waals surface area contributed by atoms with Crippen molar-refractivity contribution in [3.63, 3.8) is 0 Å². The van der Waals surface area contributed by atoms with Crippen molar-refractivity contribution < 1.29 is 24.4 Å². The van der Waals surface area contributed by atoms with Crippen LogP contribution in [0.25, 0.3) is 11.1 Å². The summed E-state index contributed by atoms with van der Waals surface area (Å²) in [5.74, 6) is -1.17. The van der Waals surface area contributed by atoms with Crippen molar-refractivity contribution in [2.24, 2.45) is 11.7 Å². The maximum Gasteiger partial charge on any atom is 0.451 e. The van der Waals surface area contributed by atoms with Gasteiger partial charge in [0.1, 0.15) is 11.1 Å². The van der Waals surface area contributed by atoms with Crippen LogP contribution in [0.2, 0.25) is 11.3 Å². The molecule has 28 heavy (non-hydrogen) atoms. The van der Waals surface area contributed by atoms with Gasteiger partial charge in [-0.2, -0.15) is 4.98 Å². The highest BCUT2D eigenvalue weighted by molar-refractivity contribution is 6.40. The summed E-state index contributed by atoms with van der Waals surface area (Å²) in [6, 6.07) is 5.79. The number of carboxylic acid groups (broad SMARTS) is 1. The van der Waals surface area contributed by atoms with E-state index >= 15 is 0 Å². The minimum absolute atomic E-state index is 0.167. The van der Waals surface area contributed by atoms with Gasteiger partial charge in [0.15, 0.2) is 5.58 Å². The zero-order chi connectivity index (χ0) is 20.3. The molecule has 1 aliphatic heterocycles. The highest BCUT2D eigenvalue weighted by Gasteiger charge is 2.43. The van der Waals surface area contributed by atoms with Gasteiger partial charge in [-0.1, -0.05) is 24.4 Å². The highest BCUT2D eigenvalue weighted by Crippen LogP contribution is 2.34. The summed E-state index contributed by atoms with van der Waals surface area (Å²) in [4.78, 5) is 18.3. The average molecular weight is 410 g/mol. The first-order chi connectivity index (χ1) is 13.3. The Morgan fingerprint density at radius 2 is 2.07 bits per heavy atom. The molecule has 1 aliphatic rings. The van der Waals surface area contributed by atoms with Crippen molar-refractivity contribution in [3.05, 3.63) is 23.2 Å². The molecule has 1 atom stereocenters. The van der Waals surface area contributed by atoms with E-state index in [4.69, 9.17) is 31.8 Å². The number of nitrogens with zero attached hydrogens (tertiary/aromatic N) is 2. The van der Waals surface area contributed by atoms with Gasteiger partial charge in [-0.05, 0) is 43.6 Å². The van der Waals surface area contributed by atoms with Crippen LogP contribution in [0.5, 0.6) is 0 Å². The number of aromatic nitrogens is 1. The standard InChI is InChI=1S/C18H25BClN3O5/c20-13-3-4-14-15(11-13)28-17(22-14)23-9-5-12(6-10-23)18(21,16(24)25)7-1-2-8-19(26)27/h3-4,11-12,26-27H,1-2,5-10,21H2,(H,24,25). The number of carboxylic acids is 1. The van der Waals surface area contributed by atoms with E-state index in [1.807, 2.05) is 4.90 Å². The molecule has 10 heteroatoms. The summed E-state index contributed by atoms with van der Waals surface area (Å²) in [5, 5.41) is 28.1. The van der Waals surface area contributed by atoms with Gasteiger partial charge in [0.05, 0.1) is 0 Å². The van der Waals surface area contributed by atoms with Crippen LogP contribution in [0.4, 0.5) is 6.01 Å². The number of benzene rings is 1. The number of anilines is 1. The summed E-state index contributed by atoms with van der Waals surface area (Å²) in [5.41, 5.74) is 6.33. The van der Waals surface area contributed by atoms with Crippen molar-refractivity contribution in [2.45, 2.75) is 44.0 Å². The van der Waals surface area contributed by atoms with Crippen LogP contribution in [0.1, 0.15) is 32.1 Å². The minimum Gasteiger partial charge on any atom is -0.480 e. The lowest BCUT2D eigenvalue weighted by atomic mass is 9.74. The lowest BCUT2D eigenvalue weighted by molar-refractivity contribution is -0.146. The van der Waals surface area contributed by atoms with Gasteiger partial charge in [0.25, 0.3) is 6.01 Å². The quantitative estimate of drug-likeness (QED) is 0.385. The smallest absolute Gasteiger partial charge is 0.451 e. The van der Waals surface area contributed by atoms with Gasteiger partial charge >= 0.3 is 13.1 Å². The van der Waals surface area contributed by atoms with Crippen LogP contribution in [-0.2, 0) is 4.79 Å². The molecule has 0 bridgehead atoms. The Balaban J connectivity index is 1.62. The monoisotopic (exact) mass is 409 g/mol. The third-order valence-corrected chi connectivity index (χ3v) is 5.77. The molecule has 2 heterocycles. The van der Waals surface area contributed by atoms with Crippen LogP contribution in [0.3, 0.4) is 0 Å². The third kappa shape index (κ3) is 4.60. The Bertz CT molecular complexity index is 825. The Hall–Kier alpha value is -1.81. The molecular formula is C18H25BClN3O5. The lowest BCUT2D eigenvalue weighted by Crippen LogP contribution is -2.57. The van der Waals surface area contributed by atoms with Crippen LogP contribution < -0.4 is 10.6 Å². The van der Waals surface area contributed by atoms with Crippen LogP contribution in [0.15, 0.2) is 22.6 Å². The molecule has 0 spiro atoms. The number of unbranched alkanes of at least 4 members (excludes halogenated alkanes) is 1. The number of oxazole rings is 1. The fraction of sp³-hybridized carbons (Fsp3) is 0.556. The van der Waals surface area contributed by atoms with Gasteiger partial charge in [-0.15, -0.1) is 0 Å². The topological polar surface area (TPSA) is 133 Å². The summed E-state index contributed by atoms with van der Waals surface area (Å²) < 4.78 is 5.79. The average Bonchev–Trinajstić information content (AvgIpc) is 3.08. The molecule has 1 unspecified atom stereocenters. The van der Waals surface area contributed by atoms with Gasteiger partial charge in [-0.25, -0.2) is 0 Å². The van der Waals surface area contributed by atoms with Gasteiger partial charge < -0.3 is 30.2 Å². The number of nitrogens with two attached hydrogens (primary N) is 1. The molecular weight excluding hydrogens is 384 g/mol. The van der Waals surface area contributed by atoms with Crippen LogP contribution >= 0.6 is 11.6 Å². The maximum absolute atomic E-state index is 11.9. The van der Waals surface area contributed by atoms with E-state index in [9.17, 15) is 9.90 Å². The summed E-state index contributed by atoms with van der Waals surface area (Å²) in [7, 11) is -1.37. The van der Waals surface area contributed by atoms with E-state index in [0.717, 1.165) is 5.52 Å². The molecule has 152 valence electrons. The normalized spacial score (nSPS) is 17.6.